The predicted octanol–water partition coefficient (Wildman–Crippen LogP) is -0.00650. The van der Waals surface area contributed by atoms with Crippen molar-refractivity contribution >= 4 is 29.6 Å². The minimum Gasteiger partial charge on any atom is -0.353 e. The zero-order valence-electron chi connectivity index (χ0n) is 11.3. The molecule has 0 radical (unpaired) electrons. The van der Waals surface area contributed by atoms with Gasteiger partial charge in [-0.15, -0.1) is 0 Å². The van der Waals surface area contributed by atoms with E-state index in [1.807, 2.05) is 19.0 Å². The number of hydrogen-bond donors (Lipinski definition) is 2. The molecule has 0 aromatic heterocycles. The number of carbonyl (C=O) groups excluding carboxylic acids is 3. The Hall–Kier alpha value is -1.08. The van der Waals surface area contributed by atoms with Crippen molar-refractivity contribution in [2.75, 3.05) is 34.2 Å². The number of ketones is 1. The Morgan fingerprint density at radius 2 is 1.78 bits per heavy atom. The maximum atomic E-state index is 11.9. The Labute approximate surface area is 113 Å². The molecule has 0 aromatic carbocycles. The molecule has 0 aliphatic heterocycles. The van der Waals surface area contributed by atoms with Crippen molar-refractivity contribution < 1.29 is 14.4 Å². The van der Waals surface area contributed by atoms with Crippen LogP contribution in [0.2, 0.25) is 0 Å². The molecule has 18 heavy (non-hydrogen) atoms. The van der Waals surface area contributed by atoms with Crippen LogP contribution < -0.4 is 5.32 Å². The standard InChI is InChI=1S/C11H21N3O3S/c1-8(15)7-9(14(4)11(17)18)10(16)12-5-6-13(2)3/h9H,5-7H2,1-4H3,(H,12,16)(H,17,18)/t9-/m0/s1. The van der Waals surface area contributed by atoms with E-state index in [0.29, 0.717) is 13.1 Å². The summed E-state index contributed by atoms with van der Waals surface area (Å²) >= 11 is 3.66. The van der Waals surface area contributed by atoms with Gasteiger partial charge in [-0.2, -0.15) is 0 Å². The van der Waals surface area contributed by atoms with Crippen LogP contribution >= 0.6 is 12.6 Å². The highest BCUT2D eigenvalue weighted by atomic mass is 32.1. The topological polar surface area (TPSA) is 69.7 Å². The lowest BCUT2D eigenvalue weighted by atomic mass is 10.1. The lowest BCUT2D eigenvalue weighted by Crippen LogP contribution is -2.48. The highest BCUT2D eigenvalue weighted by molar-refractivity contribution is 7.96. The first-order valence-electron chi connectivity index (χ1n) is 5.63. The van der Waals surface area contributed by atoms with E-state index in [4.69, 9.17) is 0 Å². The van der Waals surface area contributed by atoms with Gasteiger partial charge in [-0.3, -0.25) is 14.4 Å². The third kappa shape index (κ3) is 6.61. The minimum atomic E-state index is -0.797. The summed E-state index contributed by atoms with van der Waals surface area (Å²) in [6, 6.07) is -0.797. The molecule has 6 nitrogen and oxygen atoms in total. The summed E-state index contributed by atoms with van der Waals surface area (Å²) < 4.78 is 0. The molecular formula is C11H21N3O3S. The van der Waals surface area contributed by atoms with Gasteiger partial charge in [0.25, 0.3) is 5.24 Å². The molecule has 1 N–H and O–H groups in total. The highest BCUT2D eigenvalue weighted by Gasteiger charge is 2.26. The average molecular weight is 275 g/mol. The second-order valence-corrected chi connectivity index (χ2v) is 4.79. The summed E-state index contributed by atoms with van der Waals surface area (Å²) in [4.78, 5) is 37.2. The highest BCUT2D eigenvalue weighted by Crippen LogP contribution is 2.06. The van der Waals surface area contributed by atoms with Crippen LogP contribution in [0.1, 0.15) is 13.3 Å². The van der Waals surface area contributed by atoms with Gasteiger partial charge < -0.3 is 15.1 Å². The normalized spacial score (nSPS) is 12.1. The summed E-state index contributed by atoms with van der Waals surface area (Å²) in [5, 5.41) is 2.16. The SMILES string of the molecule is CC(=O)C[C@@H](C(=O)NCCN(C)C)N(C)C(=O)S. The largest absolute Gasteiger partial charge is 0.353 e. The van der Waals surface area contributed by atoms with Crippen molar-refractivity contribution in [1.82, 2.24) is 15.1 Å². The van der Waals surface area contributed by atoms with Crippen LogP contribution in [0.5, 0.6) is 0 Å². The molecule has 0 unspecified atom stereocenters. The Kier molecular flexibility index (Phi) is 7.61. The first-order valence-corrected chi connectivity index (χ1v) is 6.08. The van der Waals surface area contributed by atoms with Crippen LogP contribution in [0.4, 0.5) is 4.79 Å². The molecule has 7 heteroatoms. The Balaban J connectivity index is 4.50. The summed E-state index contributed by atoms with van der Waals surface area (Å²) in [5.41, 5.74) is 0. The van der Waals surface area contributed by atoms with Crippen LogP contribution in [-0.4, -0.2) is 67.0 Å². The number of thiol groups is 1. The number of nitrogens with one attached hydrogen (secondary N) is 1. The number of nitrogens with zero attached hydrogens (tertiary/aromatic N) is 2. The van der Waals surface area contributed by atoms with Gasteiger partial charge in [0.2, 0.25) is 5.91 Å². The van der Waals surface area contributed by atoms with Crippen molar-refractivity contribution in [3.63, 3.8) is 0 Å². The number of likely N-dealkylation sites (N-methyl/N-ethyl adjacent to an activating group) is 2. The van der Waals surface area contributed by atoms with Gasteiger partial charge in [-0.05, 0) is 21.0 Å². The van der Waals surface area contributed by atoms with E-state index in [2.05, 4.69) is 17.9 Å². The Morgan fingerprint density at radius 3 is 2.17 bits per heavy atom. The van der Waals surface area contributed by atoms with E-state index in [1.165, 1.54) is 14.0 Å². The van der Waals surface area contributed by atoms with Gasteiger partial charge in [0.15, 0.2) is 0 Å². The van der Waals surface area contributed by atoms with Gasteiger partial charge in [0, 0.05) is 26.6 Å². The molecule has 0 rings (SSSR count). The smallest absolute Gasteiger partial charge is 0.278 e. The summed E-state index contributed by atoms with van der Waals surface area (Å²) in [7, 11) is 5.24. The number of rotatable bonds is 7. The molecule has 1 atom stereocenters. The van der Waals surface area contributed by atoms with E-state index >= 15 is 0 Å². The predicted molar refractivity (Wildman–Crippen MR) is 72.8 cm³/mol. The van der Waals surface area contributed by atoms with E-state index in [-0.39, 0.29) is 18.1 Å². The van der Waals surface area contributed by atoms with E-state index in [1.54, 1.807) is 0 Å². The lowest BCUT2D eigenvalue weighted by molar-refractivity contribution is -0.128. The minimum absolute atomic E-state index is 0.00338. The Morgan fingerprint density at radius 1 is 1.22 bits per heavy atom. The van der Waals surface area contributed by atoms with Crippen molar-refractivity contribution in [2.45, 2.75) is 19.4 Å². The van der Waals surface area contributed by atoms with E-state index in [0.717, 1.165) is 4.90 Å². The van der Waals surface area contributed by atoms with Crippen LogP contribution in [-0.2, 0) is 9.59 Å². The molecule has 0 aliphatic rings. The summed E-state index contributed by atoms with van der Waals surface area (Å²) in [6.07, 6.45) is -0.00338. The molecule has 0 aromatic rings. The molecule has 0 bridgehead atoms. The average Bonchev–Trinajstić information content (AvgIpc) is 2.23. The second kappa shape index (κ2) is 8.10. The van der Waals surface area contributed by atoms with E-state index in [9.17, 15) is 14.4 Å². The third-order valence-electron chi connectivity index (χ3n) is 2.41. The fourth-order valence-electron chi connectivity index (χ4n) is 1.33. The molecule has 0 saturated carbocycles. The number of carbonyl (C=O) groups is 3. The quantitative estimate of drug-likeness (QED) is 0.641. The fraction of sp³-hybridized carbons (Fsp3) is 0.727. The van der Waals surface area contributed by atoms with Crippen molar-refractivity contribution in [3.8, 4) is 0 Å². The summed E-state index contributed by atoms with van der Waals surface area (Å²) in [6.45, 7) is 2.54. The summed E-state index contributed by atoms with van der Waals surface area (Å²) in [5.74, 6) is -0.485. The monoisotopic (exact) mass is 275 g/mol. The first kappa shape index (κ1) is 16.9. The zero-order valence-corrected chi connectivity index (χ0v) is 12.2. The van der Waals surface area contributed by atoms with Crippen LogP contribution in [0.3, 0.4) is 0 Å². The number of amides is 2. The van der Waals surface area contributed by atoms with Crippen molar-refractivity contribution in [1.29, 1.82) is 0 Å². The van der Waals surface area contributed by atoms with Crippen LogP contribution in [0.15, 0.2) is 0 Å². The van der Waals surface area contributed by atoms with Gasteiger partial charge in [-0.25, -0.2) is 0 Å². The maximum Gasteiger partial charge on any atom is 0.278 e. The number of Topliss-reactive ketones (excluding diaryl/α,β-unsaturated/α-hetero) is 1. The molecule has 0 heterocycles. The fourth-order valence-corrected chi connectivity index (χ4v) is 1.47. The van der Waals surface area contributed by atoms with Gasteiger partial charge >= 0.3 is 0 Å². The van der Waals surface area contributed by atoms with Gasteiger partial charge in [0.1, 0.15) is 11.8 Å². The molecule has 2 amide bonds. The first-order chi connectivity index (χ1) is 8.25. The van der Waals surface area contributed by atoms with Crippen LogP contribution in [0.25, 0.3) is 0 Å². The number of hydrogen-bond acceptors (Lipinski definition) is 4. The molecule has 0 aliphatic carbocycles. The zero-order chi connectivity index (χ0) is 14.3. The second-order valence-electron chi connectivity index (χ2n) is 4.41. The maximum absolute atomic E-state index is 11.9. The lowest BCUT2D eigenvalue weighted by Gasteiger charge is -2.25. The molecule has 104 valence electrons. The third-order valence-corrected chi connectivity index (χ3v) is 2.73. The van der Waals surface area contributed by atoms with Gasteiger partial charge in [0.05, 0.1) is 0 Å². The molecular weight excluding hydrogens is 254 g/mol. The molecule has 0 spiro atoms. The van der Waals surface area contributed by atoms with Crippen molar-refractivity contribution in [3.05, 3.63) is 0 Å². The molecule has 0 saturated heterocycles. The molecule has 0 fully saturated rings. The van der Waals surface area contributed by atoms with Crippen LogP contribution in [0, 0.1) is 0 Å². The van der Waals surface area contributed by atoms with E-state index < -0.39 is 11.3 Å². The van der Waals surface area contributed by atoms with Gasteiger partial charge in [-0.1, -0.05) is 12.6 Å². The Bertz CT molecular complexity index is 321. The van der Waals surface area contributed by atoms with Crippen molar-refractivity contribution in [2.24, 2.45) is 0 Å².